The quantitative estimate of drug-likeness (QED) is 0.0134. The SMILES string of the molecule is CCOCCOc1ccc(-c2ccc(-c3nnc(-c4ccc(C(=O)NC5C[C@@H](O)CNC(=O)[C@@H]6[C@@H](O)[C@@H](C)CN6C(=O)[C@H]([C@H](O)CCNC(CO)CO)NC(=O)[C@H]([C@H](O)Cc6ccc(O)c(OSOOO)c6)NC(=O)[C@@H]6C[C@@H](O)CN6C(=O)[C@H]([C@@H](C)O)NC5=O)cc4)s3)cc2)cc1. The van der Waals surface area contributed by atoms with Gasteiger partial charge in [-0.05, 0) is 79.9 Å². The van der Waals surface area contributed by atoms with Crippen LogP contribution in [-0.2, 0) is 49.3 Å². The first-order valence-electron chi connectivity index (χ1n) is 31.1. The number of β-amino-alcohol motifs (C(OH)–C–C–N with tert-alkyl or cyclic N) is 1. The first-order valence-corrected chi connectivity index (χ1v) is 32.6. The third kappa shape index (κ3) is 19.6. The average Bonchev–Trinajstić information content (AvgIpc) is 1.67. The van der Waals surface area contributed by atoms with Gasteiger partial charge in [0.15, 0.2) is 11.5 Å². The van der Waals surface area contributed by atoms with Crippen molar-refractivity contribution in [3.05, 3.63) is 102 Å². The molecule has 0 spiro atoms. The Morgan fingerprint density at radius 1 is 0.732 bits per heavy atom. The van der Waals surface area contributed by atoms with Gasteiger partial charge in [-0.1, -0.05) is 82.2 Å². The van der Waals surface area contributed by atoms with E-state index in [0.29, 0.717) is 35.4 Å². The maximum Gasteiger partial charge on any atom is 0.261 e. The molecular formula is C63H80N10O22S2. The van der Waals surface area contributed by atoms with E-state index >= 15 is 0 Å². The molecule has 7 amide bonds. The minimum absolute atomic E-state index is 0.000650. The normalized spacial score (nSPS) is 24.1. The second kappa shape index (κ2) is 35.5. The second-order valence-corrected chi connectivity index (χ2v) is 25.0. The fourth-order valence-electron chi connectivity index (χ4n) is 11.3. The average molecular weight is 1390 g/mol. The lowest BCUT2D eigenvalue weighted by atomic mass is 9.98. The number of carbonyl (C=O) groups excluding carboxylic acids is 7. The van der Waals surface area contributed by atoms with Crippen LogP contribution in [0.2, 0.25) is 0 Å². The van der Waals surface area contributed by atoms with Gasteiger partial charge >= 0.3 is 0 Å². The van der Waals surface area contributed by atoms with Crippen molar-refractivity contribution >= 4 is 65.0 Å². The van der Waals surface area contributed by atoms with Gasteiger partial charge < -0.3 is 101 Å². The molecule has 3 saturated heterocycles. The van der Waals surface area contributed by atoms with Crippen LogP contribution in [0, 0.1) is 5.92 Å². The van der Waals surface area contributed by atoms with E-state index in [9.17, 15) is 79.5 Å². The van der Waals surface area contributed by atoms with Crippen molar-refractivity contribution in [3.8, 4) is 49.5 Å². The van der Waals surface area contributed by atoms with Crippen LogP contribution in [-0.4, -0.2) is 251 Å². The fourth-order valence-corrected chi connectivity index (χ4v) is 12.4. The number of aromatic nitrogens is 2. The third-order valence-electron chi connectivity index (χ3n) is 16.5. The number of benzene rings is 4. The highest BCUT2D eigenvalue weighted by Gasteiger charge is 2.50. The van der Waals surface area contributed by atoms with Gasteiger partial charge in [-0.2, -0.15) is 0 Å². The van der Waals surface area contributed by atoms with Crippen molar-refractivity contribution in [3.63, 3.8) is 0 Å². The summed E-state index contributed by atoms with van der Waals surface area (Å²) in [5.74, 6) is -8.95. The molecule has 0 radical (unpaired) electrons. The molecule has 0 saturated carbocycles. The first kappa shape index (κ1) is 74.7. The molecule has 0 bridgehead atoms. The van der Waals surface area contributed by atoms with Crippen molar-refractivity contribution in [2.45, 2.75) is 125 Å². The van der Waals surface area contributed by atoms with E-state index in [4.69, 9.17) is 18.9 Å². The standard InChI is InChI=1S/C63H80N10O22S2/c1-4-91-21-22-92-43-16-14-36(15-17-43)35-6-10-38(11-7-35)60-70-71-61(96-60)39-12-8-37(9-13-39)55(83)66-44-25-41(77)27-65-59(87)53-54(82)32(2)28-73(53)63(89)52(47(80)19-20-64-40(30-74)31-75)69-58(86)51(48(81)23-34-5-18-46(79)49(24-34)93-97-95-94-90)68-57(85)45-26-42(78)29-72(45)62(88)50(33(3)76)67-56(44)84/h5-18,24,32-33,40-42,44-45,47-48,50-54,64,74-82,90H,4,19-23,25-31H2,1-3H3,(H,65,87)(H,66,83)(H,67,84)(H,68,85)(H,69,86)/t32-,33+,41+,42+,44?,45-,47+,48+,50-,51-,52-,53-,54-/m0/s1. The maximum absolute atomic E-state index is 15.0. The van der Waals surface area contributed by atoms with Crippen LogP contribution in [0.3, 0.4) is 0 Å². The van der Waals surface area contributed by atoms with Crippen LogP contribution < -0.4 is 40.8 Å². The Labute approximate surface area is 564 Å². The highest BCUT2D eigenvalue weighted by Crippen LogP contribution is 2.34. The number of aliphatic hydroxyl groups excluding tert-OH is 8. The zero-order chi connectivity index (χ0) is 70.0. The van der Waals surface area contributed by atoms with Crippen LogP contribution in [0.25, 0.3) is 32.3 Å². The Hall–Kier alpha value is -8.04. The highest BCUT2D eigenvalue weighted by molar-refractivity contribution is 7.90. The summed E-state index contributed by atoms with van der Waals surface area (Å²) < 4.78 is 20.4. The zero-order valence-corrected chi connectivity index (χ0v) is 54.5. The molecule has 3 aliphatic heterocycles. The molecule has 16 N–H and O–H groups in total. The number of phenolic OH excluding ortho intramolecular Hbond substituents is 1. The van der Waals surface area contributed by atoms with Gasteiger partial charge in [0.1, 0.15) is 58.6 Å². The number of amides is 7. The molecule has 0 aliphatic carbocycles. The monoisotopic (exact) mass is 1390 g/mol. The van der Waals surface area contributed by atoms with Crippen molar-refractivity contribution in [2.24, 2.45) is 5.92 Å². The smallest absolute Gasteiger partial charge is 0.261 e. The maximum atomic E-state index is 15.0. The van der Waals surface area contributed by atoms with E-state index in [1.54, 1.807) is 12.1 Å². The molecular weight excluding hydrogens is 1310 g/mol. The number of nitrogens with zero attached hydrogens (tertiary/aromatic N) is 4. The molecule has 8 rings (SSSR count). The fraction of sp³-hybridized carbons (Fsp3) is 0.476. The Morgan fingerprint density at radius 3 is 1.99 bits per heavy atom. The summed E-state index contributed by atoms with van der Waals surface area (Å²) in [6, 6.07) is 12.7. The van der Waals surface area contributed by atoms with Crippen molar-refractivity contribution in [2.75, 3.05) is 59.2 Å². The summed E-state index contributed by atoms with van der Waals surface area (Å²) in [5, 5.41) is 136. The topological polar surface area (TPSA) is 472 Å². The number of phenols is 1. The molecule has 3 fully saturated rings. The molecule has 3 aliphatic rings. The van der Waals surface area contributed by atoms with Gasteiger partial charge in [0.2, 0.25) is 35.4 Å². The van der Waals surface area contributed by atoms with E-state index in [0.717, 1.165) is 51.3 Å². The summed E-state index contributed by atoms with van der Waals surface area (Å²) in [5.41, 5.74) is 3.40. The summed E-state index contributed by atoms with van der Waals surface area (Å²) in [6.07, 6.45) is -12.7. The Kier molecular flexibility index (Phi) is 27.3. The minimum atomic E-state index is -2.17. The van der Waals surface area contributed by atoms with Crippen molar-refractivity contribution in [1.29, 1.82) is 0 Å². The van der Waals surface area contributed by atoms with E-state index < -0.39 is 184 Å². The molecule has 1 aromatic heterocycles. The number of nitrogens with one attached hydrogen (secondary N) is 6. The number of ether oxygens (including phenoxy) is 2. The predicted octanol–water partition coefficient (Wildman–Crippen LogP) is -1.70. The molecule has 32 nitrogen and oxygen atoms in total. The number of hydrogen-bond donors (Lipinski definition) is 16. The van der Waals surface area contributed by atoms with Crippen LogP contribution in [0.5, 0.6) is 17.2 Å². The lowest BCUT2D eigenvalue weighted by Crippen LogP contribution is -2.64. The predicted molar refractivity (Wildman–Crippen MR) is 345 cm³/mol. The summed E-state index contributed by atoms with van der Waals surface area (Å²) >= 11 is 1.35. The Balaban J connectivity index is 1.07. The van der Waals surface area contributed by atoms with Crippen molar-refractivity contribution in [1.82, 2.24) is 51.9 Å². The summed E-state index contributed by atoms with van der Waals surface area (Å²) in [7, 11) is 0. The largest absolute Gasteiger partial charge is 0.504 e. The molecule has 1 unspecified atom stereocenters. The minimum Gasteiger partial charge on any atom is -0.504 e. The van der Waals surface area contributed by atoms with Gasteiger partial charge in [-0.3, -0.25) is 33.6 Å². The lowest BCUT2D eigenvalue weighted by molar-refractivity contribution is -0.433. The molecule has 34 heteroatoms. The molecule has 526 valence electrons. The van der Waals surface area contributed by atoms with E-state index in [1.165, 1.54) is 36.5 Å². The number of aliphatic hydroxyl groups is 8. The van der Waals surface area contributed by atoms with E-state index in [-0.39, 0.29) is 42.3 Å². The van der Waals surface area contributed by atoms with Gasteiger partial charge in [0.25, 0.3) is 18.2 Å². The first-order chi connectivity index (χ1) is 46.5. The Bertz CT molecular complexity index is 3460. The Morgan fingerprint density at radius 2 is 1.35 bits per heavy atom. The van der Waals surface area contributed by atoms with E-state index in [2.05, 4.69) is 51.5 Å². The van der Waals surface area contributed by atoms with Crippen LogP contribution in [0.1, 0.15) is 56.0 Å². The van der Waals surface area contributed by atoms with E-state index in [1.807, 2.05) is 55.5 Å². The van der Waals surface area contributed by atoms with Gasteiger partial charge in [0, 0.05) is 68.1 Å². The van der Waals surface area contributed by atoms with Crippen molar-refractivity contribution < 1.29 is 108 Å². The number of aromatic hydroxyl groups is 1. The zero-order valence-electron chi connectivity index (χ0n) is 52.9. The number of carbonyl (C=O) groups is 7. The number of rotatable bonds is 25. The van der Waals surface area contributed by atoms with Gasteiger partial charge in [-0.15, -0.1) is 10.2 Å². The lowest BCUT2D eigenvalue weighted by Gasteiger charge is -2.34. The third-order valence-corrected chi connectivity index (χ3v) is 17.9. The summed E-state index contributed by atoms with van der Waals surface area (Å²) in [4.78, 5) is 104. The molecule has 97 heavy (non-hydrogen) atoms. The molecule has 5 aromatic rings. The number of fused-ring (bicyclic) bond motifs is 2. The number of hydrogen-bond acceptors (Lipinski definition) is 27. The van der Waals surface area contributed by atoms with Gasteiger partial charge in [-0.25, -0.2) is 5.26 Å². The van der Waals surface area contributed by atoms with Crippen LogP contribution in [0.4, 0.5) is 0 Å². The van der Waals surface area contributed by atoms with Crippen LogP contribution >= 0.6 is 23.7 Å². The second-order valence-electron chi connectivity index (χ2n) is 23.5. The van der Waals surface area contributed by atoms with Gasteiger partial charge in [0.05, 0.1) is 62.5 Å². The highest BCUT2D eigenvalue weighted by atomic mass is 32.2. The molecule has 13 atom stereocenters. The molecule has 4 heterocycles. The van der Waals surface area contributed by atoms with Crippen LogP contribution in [0.15, 0.2) is 91.0 Å². The molecule has 4 aromatic carbocycles. The summed E-state index contributed by atoms with van der Waals surface area (Å²) in [6.45, 7) is 3.09.